The fourth-order valence-electron chi connectivity index (χ4n) is 10.7. The lowest BCUT2D eigenvalue weighted by atomic mass is 9.91. The molecule has 2 aliphatic carbocycles. The molecule has 4 heterocycles. The van der Waals surface area contributed by atoms with E-state index < -0.39 is 26.0 Å². The molecule has 0 atom stereocenters. The molecule has 0 aliphatic heterocycles. The zero-order chi connectivity index (χ0) is 61.3. The predicted octanol–water partition coefficient (Wildman–Crippen LogP) is 17.2. The van der Waals surface area contributed by atoms with Gasteiger partial charge in [0.25, 0.3) is 0 Å². The van der Waals surface area contributed by atoms with E-state index in [2.05, 4.69) is 164 Å². The average molecular weight is 1060 g/mol. The molecule has 0 spiro atoms. The maximum absolute atomic E-state index is 8.30. The van der Waals surface area contributed by atoms with Gasteiger partial charge in [0.1, 0.15) is 28.2 Å². The van der Waals surface area contributed by atoms with Crippen LogP contribution in [0, 0.1) is 69.2 Å². The Bertz CT molecular complexity index is 3700. The summed E-state index contributed by atoms with van der Waals surface area (Å²) in [7, 11) is 8.08. The highest BCUT2D eigenvalue weighted by Gasteiger charge is 2.22. The van der Waals surface area contributed by atoms with Crippen LogP contribution in [0.4, 0.5) is 0 Å². The maximum Gasteiger partial charge on any atom is 0.212 e. The van der Waals surface area contributed by atoms with Crippen LogP contribution in [0.25, 0.3) is 45.0 Å². The van der Waals surface area contributed by atoms with Crippen molar-refractivity contribution < 1.29 is 30.6 Å². The van der Waals surface area contributed by atoms with E-state index in [1.165, 1.54) is 98.3 Å². The van der Waals surface area contributed by atoms with Crippen molar-refractivity contribution in [2.24, 2.45) is 28.2 Å². The van der Waals surface area contributed by atoms with E-state index in [-0.39, 0.29) is 48.1 Å². The Hall–Kier alpha value is -6.52. The first-order valence-electron chi connectivity index (χ1n) is 31.1. The highest BCUT2D eigenvalue weighted by atomic mass is 14.9. The molecule has 2 aliphatic rings. The SMILES string of the molecule is C.C.C.C.CCc1c[n+](C)c(-c2ccc(C)cc2C)cc1C.Cc1ccc(-c2cc3c(c[n+]2C)CCCC3)c(C)c1.[2H]C([2H])(C)c1c[n+](C)c(-c2ccc(C)cc2C)cc1C.[2H]C([2H])([2H])c1ccc(-c2cc3c(c[n+]2C)C([2H])([2H])CCC3([2H])[2H])c(C)c1. The molecule has 10 rings (SSSR count). The molecule has 0 fully saturated rings. The molecule has 416 valence electrons. The van der Waals surface area contributed by atoms with Crippen LogP contribution in [0.5, 0.6) is 0 Å². The Kier molecular flexibility index (Phi) is 19.7. The Morgan fingerprint density at radius 2 is 0.731 bits per heavy atom. The van der Waals surface area contributed by atoms with Gasteiger partial charge in [-0.25, -0.2) is 18.3 Å². The van der Waals surface area contributed by atoms with E-state index in [1.54, 1.807) is 60.1 Å². The van der Waals surface area contributed by atoms with Crippen molar-refractivity contribution in [3.05, 3.63) is 211 Å². The topological polar surface area (TPSA) is 15.5 Å². The summed E-state index contributed by atoms with van der Waals surface area (Å²) in [5, 5.41) is 0. The number of aryl methyl sites for hydroxylation is 20. The normalized spacial score (nSPS) is 15.2. The van der Waals surface area contributed by atoms with Crippen LogP contribution < -0.4 is 18.3 Å². The Morgan fingerprint density at radius 1 is 0.385 bits per heavy atom. The molecule has 78 heavy (non-hydrogen) atoms. The fraction of sp³-hybridized carbons (Fsp3) is 0.405. The van der Waals surface area contributed by atoms with Crippen molar-refractivity contribution in [3.8, 4) is 45.0 Å². The highest BCUT2D eigenvalue weighted by molar-refractivity contribution is 5.65. The smallest absolute Gasteiger partial charge is 0.201 e. The summed E-state index contributed by atoms with van der Waals surface area (Å²) in [5.41, 5.74) is 26.5. The van der Waals surface area contributed by atoms with Gasteiger partial charge in [-0.1, -0.05) is 114 Å². The minimum Gasteiger partial charge on any atom is -0.201 e. The van der Waals surface area contributed by atoms with Crippen LogP contribution in [0.1, 0.15) is 171 Å². The number of fused-ring (bicyclic) bond motifs is 2. The van der Waals surface area contributed by atoms with Crippen LogP contribution in [0.3, 0.4) is 0 Å². The van der Waals surface area contributed by atoms with Crippen molar-refractivity contribution in [3.63, 3.8) is 0 Å². The minimum atomic E-state index is -2.17. The molecule has 0 saturated carbocycles. The van der Waals surface area contributed by atoms with Crippen molar-refractivity contribution in [2.45, 2.75) is 177 Å². The van der Waals surface area contributed by atoms with Crippen molar-refractivity contribution in [1.29, 1.82) is 0 Å². The average Bonchev–Trinajstić information content (AvgIpc) is 0.829. The predicted molar refractivity (Wildman–Crippen MR) is 339 cm³/mol. The van der Waals surface area contributed by atoms with Gasteiger partial charge in [0.2, 0.25) is 22.8 Å². The lowest BCUT2D eigenvalue weighted by molar-refractivity contribution is -0.661. The van der Waals surface area contributed by atoms with Gasteiger partial charge in [-0.3, -0.25) is 0 Å². The number of hydrogen-bond donors (Lipinski definition) is 0. The summed E-state index contributed by atoms with van der Waals surface area (Å²) in [4.78, 5) is 0. The van der Waals surface area contributed by atoms with Crippen LogP contribution in [-0.4, -0.2) is 0 Å². The summed E-state index contributed by atoms with van der Waals surface area (Å²) >= 11 is 0. The molecule has 0 N–H and O–H groups in total. The molecule has 0 radical (unpaired) electrons. The Balaban J connectivity index is 0.000000302. The molecular weight excluding hydrogens is 945 g/mol. The first-order valence-corrected chi connectivity index (χ1v) is 26.6. The molecule has 0 amide bonds. The molecule has 0 saturated heterocycles. The summed E-state index contributed by atoms with van der Waals surface area (Å²) in [6, 6.07) is 33.3. The van der Waals surface area contributed by atoms with Crippen LogP contribution in [0.15, 0.2) is 122 Å². The zero-order valence-electron chi connectivity index (χ0n) is 56.3. The van der Waals surface area contributed by atoms with Gasteiger partial charge in [0, 0.05) is 81.1 Å². The van der Waals surface area contributed by atoms with Gasteiger partial charge in [-0.15, -0.1) is 0 Å². The Morgan fingerprint density at radius 3 is 1.15 bits per heavy atom. The second-order valence-electron chi connectivity index (χ2n) is 20.9. The zero-order valence-corrected chi connectivity index (χ0v) is 47.3. The monoisotopic (exact) mass is 1060 g/mol. The lowest BCUT2D eigenvalue weighted by Gasteiger charge is -2.15. The van der Waals surface area contributed by atoms with Gasteiger partial charge >= 0.3 is 0 Å². The molecular formula is C74H104N4+4. The fourth-order valence-corrected chi connectivity index (χ4v) is 10.7. The number of rotatable bonds is 6. The molecule has 0 bridgehead atoms. The Labute approximate surface area is 489 Å². The van der Waals surface area contributed by atoms with E-state index in [9.17, 15) is 0 Å². The van der Waals surface area contributed by atoms with E-state index in [4.69, 9.17) is 12.3 Å². The molecule has 4 nitrogen and oxygen atoms in total. The van der Waals surface area contributed by atoms with Gasteiger partial charge in [-0.2, -0.15) is 0 Å². The van der Waals surface area contributed by atoms with Gasteiger partial charge in [0.15, 0.2) is 24.8 Å². The minimum absolute atomic E-state index is 0. The second kappa shape index (κ2) is 29.5. The molecule has 4 aromatic carbocycles. The first kappa shape index (κ1) is 52.2. The molecule has 8 aromatic rings. The van der Waals surface area contributed by atoms with E-state index >= 15 is 0 Å². The summed E-state index contributed by atoms with van der Waals surface area (Å²) < 4.78 is 79.8. The maximum atomic E-state index is 8.30. The molecule has 4 heteroatoms. The van der Waals surface area contributed by atoms with Crippen molar-refractivity contribution in [2.75, 3.05) is 0 Å². The molecule has 4 aromatic heterocycles. The van der Waals surface area contributed by atoms with E-state index in [1.807, 2.05) is 31.7 Å². The van der Waals surface area contributed by atoms with Crippen LogP contribution >= 0.6 is 0 Å². The quantitative estimate of drug-likeness (QED) is 0.148. The van der Waals surface area contributed by atoms with Crippen molar-refractivity contribution in [1.82, 2.24) is 0 Å². The second-order valence-corrected chi connectivity index (χ2v) is 20.9. The molecule has 0 unspecified atom stereocenters. The van der Waals surface area contributed by atoms with Gasteiger partial charge in [0.05, 0.1) is 0 Å². The number of benzene rings is 4. The van der Waals surface area contributed by atoms with E-state index in [0.29, 0.717) is 11.1 Å². The summed E-state index contributed by atoms with van der Waals surface area (Å²) in [6.45, 7) is 20.5. The number of nitrogens with zero attached hydrogens (tertiary/aromatic N) is 4. The third-order valence-corrected chi connectivity index (χ3v) is 14.8. The first-order chi connectivity index (χ1) is 38.7. The third-order valence-electron chi connectivity index (χ3n) is 14.8. The number of pyridine rings is 4. The summed E-state index contributed by atoms with van der Waals surface area (Å²) in [6.07, 6.45) is 10.3. The van der Waals surface area contributed by atoms with Crippen molar-refractivity contribution >= 4 is 0 Å². The van der Waals surface area contributed by atoms with Gasteiger partial charge in [-0.05, 0) is 202 Å². The van der Waals surface area contributed by atoms with Crippen LogP contribution in [0.2, 0.25) is 0 Å². The van der Waals surface area contributed by atoms with E-state index in [0.717, 1.165) is 40.1 Å². The standard InChI is InChI=1S/2C18H22N.2C17H22N.4CH4/c2*1-13-8-9-17(14(2)10-13)18-11-15-6-4-5-7-16(15)12-19(18)3;2*1-6-15-11-18(5)17(10-13(15)3)16-8-7-12(2)9-14(16)4;;;;/h2*8-12H,4-7H2,1-3H3;2*7-11H,6H2,1-5H3;4*1H4/q4*+1;;;;/i1D3,6D2,7D2;;6D2;;;;;. The lowest BCUT2D eigenvalue weighted by Crippen LogP contribution is -2.32. The highest BCUT2D eigenvalue weighted by Crippen LogP contribution is 2.30. The third kappa shape index (κ3) is 15.8. The number of aromatic nitrogens is 4. The van der Waals surface area contributed by atoms with Gasteiger partial charge < -0.3 is 0 Å². The number of hydrogen-bond acceptors (Lipinski definition) is 0. The largest absolute Gasteiger partial charge is 0.212 e. The van der Waals surface area contributed by atoms with Crippen LogP contribution in [-0.2, 0) is 66.6 Å². The summed E-state index contributed by atoms with van der Waals surface area (Å²) in [5.74, 6) is 0.